The topological polar surface area (TPSA) is 114 Å². The molecule has 1 aromatic carbocycles. The van der Waals surface area contributed by atoms with Gasteiger partial charge >= 0.3 is 17.8 Å². The number of carboxylic acids is 1. The van der Waals surface area contributed by atoms with Crippen LogP contribution >= 0.6 is 0 Å². The van der Waals surface area contributed by atoms with Crippen LogP contribution in [0.4, 0.5) is 23.5 Å². The highest BCUT2D eigenvalue weighted by Crippen LogP contribution is 2.32. The summed E-state index contributed by atoms with van der Waals surface area (Å²) in [5.41, 5.74) is 1.10. The van der Waals surface area contributed by atoms with Crippen LogP contribution < -0.4 is 21.5 Å². The molecule has 0 amide bonds. The standard InChI is InChI=1S/C21H25FN6O2.C2HF3O2/c1-25-18-17(19(29)26(2)21(25)30)28(9-7-13-3-5-15(22)6-4-13)20(24-18)27-10-8-14-11-23-12-16(14)27;3-2(4,5)1(6)7/h3-6,14,16,23H,7-12H2,1-2H3;(H,6,7). The van der Waals surface area contributed by atoms with Gasteiger partial charge in [0.1, 0.15) is 5.82 Å². The molecular formula is C23H26F4N6O4. The van der Waals surface area contributed by atoms with E-state index < -0.39 is 12.1 Å². The Morgan fingerprint density at radius 2 is 1.78 bits per heavy atom. The average Bonchev–Trinajstić information content (AvgIpc) is 3.55. The second kappa shape index (κ2) is 10.00. The number of hydrogen-bond donors (Lipinski definition) is 2. The fourth-order valence-corrected chi connectivity index (χ4v) is 4.86. The maximum absolute atomic E-state index is 13.3. The molecule has 2 atom stereocenters. The maximum Gasteiger partial charge on any atom is 0.490 e. The van der Waals surface area contributed by atoms with Crippen LogP contribution in [-0.2, 0) is 31.9 Å². The molecule has 2 unspecified atom stereocenters. The fourth-order valence-electron chi connectivity index (χ4n) is 4.86. The molecule has 200 valence electrons. The van der Waals surface area contributed by atoms with Crippen molar-refractivity contribution in [3.8, 4) is 0 Å². The van der Waals surface area contributed by atoms with E-state index in [1.807, 2.05) is 4.57 Å². The van der Waals surface area contributed by atoms with Crippen molar-refractivity contribution in [3.63, 3.8) is 0 Å². The van der Waals surface area contributed by atoms with Crippen molar-refractivity contribution in [2.24, 2.45) is 20.0 Å². The van der Waals surface area contributed by atoms with Crippen molar-refractivity contribution in [2.75, 3.05) is 24.5 Å². The number of nitrogens with zero attached hydrogens (tertiary/aromatic N) is 5. The Labute approximate surface area is 207 Å². The molecule has 10 nitrogen and oxygen atoms in total. The minimum atomic E-state index is -5.08. The number of benzene rings is 1. The van der Waals surface area contributed by atoms with Gasteiger partial charge < -0.3 is 19.9 Å². The number of nitrogens with one attached hydrogen (secondary N) is 1. The minimum absolute atomic E-state index is 0.270. The number of carbonyl (C=O) groups is 1. The van der Waals surface area contributed by atoms with Crippen LogP contribution in [0.2, 0.25) is 0 Å². The first-order valence-corrected chi connectivity index (χ1v) is 11.6. The van der Waals surface area contributed by atoms with Crippen molar-refractivity contribution in [3.05, 3.63) is 56.5 Å². The smallest absolute Gasteiger partial charge is 0.475 e. The molecule has 0 radical (unpaired) electrons. The van der Waals surface area contributed by atoms with Crippen LogP contribution in [0.5, 0.6) is 0 Å². The quantitative estimate of drug-likeness (QED) is 0.492. The number of carboxylic acid groups (broad SMARTS) is 1. The van der Waals surface area contributed by atoms with Gasteiger partial charge in [-0.25, -0.2) is 14.0 Å². The Hall–Kier alpha value is -3.68. The van der Waals surface area contributed by atoms with E-state index in [2.05, 4.69) is 10.2 Å². The zero-order valence-electron chi connectivity index (χ0n) is 20.1. The van der Waals surface area contributed by atoms with Crippen LogP contribution in [0, 0.1) is 11.7 Å². The summed E-state index contributed by atoms with van der Waals surface area (Å²) < 4.78 is 49.5. The number of hydrogen-bond acceptors (Lipinski definition) is 6. The van der Waals surface area contributed by atoms with Gasteiger partial charge in [-0.05, 0) is 36.5 Å². The van der Waals surface area contributed by atoms with Crippen molar-refractivity contribution in [2.45, 2.75) is 31.6 Å². The summed E-state index contributed by atoms with van der Waals surface area (Å²) in [6, 6.07) is 6.75. The zero-order valence-corrected chi connectivity index (χ0v) is 20.1. The zero-order chi connectivity index (χ0) is 27.1. The fraction of sp³-hybridized carbons (Fsp3) is 0.478. The number of anilines is 1. The van der Waals surface area contributed by atoms with Gasteiger partial charge in [-0.3, -0.25) is 13.9 Å². The summed E-state index contributed by atoms with van der Waals surface area (Å²) in [6.45, 7) is 3.29. The third kappa shape index (κ3) is 5.10. The molecule has 37 heavy (non-hydrogen) atoms. The highest BCUT2D eigenvalue weighted by molar-refractivity contribution is 5.75. The van der Waals surface area contributed by atoms with Gasteiger partial charge in [-0.2, -0.15) is 18.2 Å². The third-order valence-electron chi connectivity index (χ3n) is 6.81. The first-order chi connectivity index (χ1) is 17.4. The first-order valence-electron chi connectivity index (χ1n) is 11.6. The number of fused-ring (bicyclic) bond motifs is 2. The third-order valence-corrected chi connectivity index (χ3v) is 6.81. The van der Waals surface area contributed by atoms with Gasteiger partial charge in [0.25, 0.3) is 5.56 Å². The van der Waals surface area contributed by atoms with E-state index in [0.29, 0.717) is 36.1 Å². The first kappa shape index (κ1) is 26.4. The molecule has 0 bridgehead atoms. The van der Waals surface area contributed by atoms with E-state index in [4.69, 9.17) is 14.9 Å². The Balaban J connectivity index is 0.000000405. The molecule has 2 aliphatic heterocycles. The van der Waals surface area contributed by atoms with E-state index in [1.54, 1.807) is 19.2 Å². The highest BCUT2D eigenvalue weighted by atomic mass is 19.4. The Morgan fingerprint density at radius 3 is 2.41 bits per heavy atom. The van der Waals surface area contributed by atoms with Crippen LogP contribution in [-0.4, -0.2) is 61.6 Å². The second-order valence-corrected chi connectivity index (χ2v) is 9.09. The predicted molar refractivity (Wildman–Crippen MR) is 126 cm³/mol. The summed E-state index contributed by atoms with van der Waals surface area (Å²) in [5, 5.41) is 10.6. The van der Waals surface area contributed by atoms with Gasteiger partial charge in [-0.15, -0.1) is 0 Å². The highest BCUT2D eigenvalue weighted by Gasteiger charge is 2.40. The molecule has 2 fully saturated rings. The van der Waals surface area contributed by atoms with E-state index in [9.17, 15) is 27.2 Å². The number of halogens is 4. The van der Waals surface area contributed by atoms with E-state index in [-0.39, 0.29) is 17.1 Å². The molecule has 14 heteroatoms. The van der Waals surface area contributed by atoms with Gasteiger partial charge in [0.2, 0.25) is 5.95 Å². The summed E-state index contributed by atoms with van der Waals surface area (Å²) >= 11 is 0. The van der Waals surface area contributed by atoms with E-state index >= 15 is 0 Å². The van der Waals surface area contributed by atoms with Crippen LogP contribution in [0.25, 0.3) is 11.2 Å². The molecule has 0 aliphatic carbocycles. The van der Waals surface area contributed by atoms with E-state index in [0.717, 1.165) is 42.1 Å². The van der Waals surface area contributed by atoms with Crippen molar-refractivity contribution < 1.29 is 27.5 Å². The minimum Gasteiger partial charge on any atom is -0.475 e. The molecule has 5 rings (SSSR count). The normalized spacial score (nSPS) is 19.1. The number of rotatable bonds is 4. The molecule has 2 saturated heterocycles. The van der Waals surface area contributed by atoms with Crippen LogP contribution in [0.15, 0.2) is 33.9 Å². The number of imidazole rings is 1. The van der Waals surface area contributed by atoms with Crippen molar-refractivity contribution in [1.82, 2.24) is 24.0 Å². The molecule has 4 heterocycles. The summed E-state index contributed by atoms with van der Waals surface area (Å²) in [6.07, 6.45) is -3.37. The summed E-state index contributed by atoms with van der Waals surface area (Å²) in [5.74, 6) is -1.72. The molecule has 0 spiro atoms. The van der Waals surface area contributed by atoms with Gasteiger partial charge in [-0.1, -0.05) is 12.1 Å². The number of aromatic nitrogens is 4. The summed E-state index contributed by atoms with van der Waals surface area (Å²) in [4.78, 5) is 41.5. The molecule has 2 aliphatic rings. The van der Waals surface area contributed by atoms with E-state index in [1.165, 1.54) is 23.7 Å². The van der Waals surface area contributed by atoms with Crippen LogP contribution in [0.1, 0.15) is 12.0 Å². The maximum atomic E-state index is 13.3. The molecule has 0 saturated carbocycles. The largest absolute Gasteiger partial charge is 0.490 e. The lowest BCUT2D eigenvalue weighted by Crippen LogP contribution is -2.38. The Bertz CT molecular complexity index is 1430. The SMILES string of the molecule is Cn1c(=O)c2c(nc(N3CCC4CNCC43)n2CCc2ccc(F)cc2)n(C)c1=O.O=C(O)C(F)(F)F. The number of aryl methyl sites for hydroxylation is 3. The number of alkyl halides is 3. The monoisotopic (exact) mass is 526 g/mol. The van der Waals surface area contributed by atoms with Crippen molar-refractivity contribution >= 4 is 23.1 Å². The van der Waals surface area contributed by atoms with Crippen LogP contribution in [0.3, 0.4) is 0 Å². The lowest BCUT2D eigenvalue weighted by atomic mass is 10.1. The Morgan fingerprint density at radius 1 is 1.14 bits per heavy atom. The van der Waals surface area contributed by atoms with Gasteiger partial charge in [0.05, 0.1) is 0 Å². The average molecular weight is 526 g/mol. The van der Waals surface area contributed by atoms with Gasteiger partial charge in [0, 0.05) is 46.3 Å². The lowest BCUT2D eigenvalue weighted by Gasteiger charge is -2.25. The van der Waals surface area contributed by atoms with Gasteiger partial charge in [0.15, 0.2) is 11.2 Å². The second-order valence-electron chi connectivity index (χ2n) is 9.09. The molecular weight excluding hydrogens is 500 g/mol. The number of aliphatic carboxylic acids is 1. The molecule has 2 N–H and O–H groups in total. The lowest BCUT2D eigenvalue weighted by molar-refractivity contribution is -0.192. The molecule has 2 aromatic heterocycles. The predicted octanol–water partition coefficient (Wildman–Crippen LogP) is 1.25. The summed E-state index contributed by atoms with van der Waals surface area (Å²) in [7, 11) is 3.14. The molecule has 3 aromatic rings. The Kier molecular flexibility index (Phi) is 7.13. The van der Waals surface area contributed by atoms with Crippen molar-refractivity contribution in [1.29, 1.82) is 0 Å².